The first-order valence-corrected chi connectivity index (χ1v) is 12.0. The van der Waals surface area contributed by atoms with Crippen molar-refractivity contribution in [1.82, 2.24) is 19.9 Å². The van der Waals surface area contributed by atoms with Crippen molar-refractivity contribution in [2.45, 2.75) is 32.1 Å². The summed E-state index contributed by atoms with van der Waals surface area (Å²) >= 11 is 8.54. The Bertz CT molecular complexity index is 1300. The first-order chi connectivity index (χ1) is 14.9. The van der Waals surface area contributed by atoms with Crippen molar-refractivity contribution >= 4 is 61.0 Å². The van der Waals surface area contributed by atoms with E-state index in [1.165, 1.54) is 23.1 Å². The van der Waals surface area contributed by atoms with Crippen LogP contribution in [-0.2, 0) is 17.9 Å². The van der Waals surface area contributed by atoms with Gasteiger partial charge in [-0.2, -0.15) is 0 Å². The lowest BCUT2D eigenvalue weighted by molar-refractivity contribution is -0.118. The van der Waals surface area contributed by atoms with E-state index in [4.69, 9.17) is 16.6 Å². The second-order valence-electron chi connectivity index (χ2n) is 7.53. The van der Waals surface area contributed by atoms with E-state index in [1.54, 1.807) is 22.9 Å². The van der Waals surface area contributed by atoms with Gasteiger partial charge < -0.3 is 5.32 Å². The van der Waals surface area contributed by atoms with Crippen molar-refractivity contribution in [1.29, 1.82) is 0 Å². The minimum atomic E-state index is -0.123. The van der Waals surface area contributed by atoms with Gasteiger partial charge in [-0.05, 0) is 35.7 Å². The van der Waals surface area contributed by atoms with E-state index in [9.17, 15) is 9.59 Å². The van der Waals surface area contributed by atoms with Gasteiger partial charge in [-0.15, -0.1) is 11.3 Å². The number of carbonyl (C=O) groups is 1. The molecule has 1 amide bonds. The summed E-state index contributed by atoms with van der Waals surface area (Å²) in [4.78, 5) is 35.6. The van der Waals surface area contributed by atoms with E-state index in [0.717, 1.165) is 15.8 Å². The number of benzene rings is 1. The Morgan fingerprint density at radius 2 is 2.03 bits per heavy atom. The molecule has 0 aliphatic rings. The van der Waals surface area contributed by atoms with Crippen LogP contribution in [0.2, 0.25) is 5.02 Å². The van der Waals surface area contributed by atoms with E-state index < -0.39 is 0 Å². The highest BCUT2D eigenvalue weighted by Crippen LogP contribution is 2.30. The summed E-state index contributed by atoms with van der Waals surface area (Å²) in [5.74, 6) is 0.314. The maximum Gasteiger partial charge on any atom is 0.272 e. The fourth-order valence-electron chi connectivity index (χ4n) is 3.16. The second kappa shape index (κ2) is 9.38. The average molecular weight is 473 g/mol. The second-order valence-corrected chi connectivity index (χ2v) is 9.91. The zero-order valence-corrected chi connectivity index (χ0v) is 19.5. The largest absolute Gasteiger partial charge is 0.351 e. The topological polar surface area (TPSA) is 76.9 Å². The van der Waals surface area contributed by atoms with Crippen molar-refractivity contribution in [2.24, 2.45) is 5.92 Å². The maximum absolute atomic E-state index is 13.2. The molecule has 0 saturated carbocycles. The molecule has 0 radical (unpaired) electrons. The molecular formula is C22H21ClN4O2S2. The van der Waals surface area contributed by atoms with E-state index in [-0.39, 0.29) is 23.1 Å². The number of nitrogens with zero attached hydrogens (tertiary/aromatic N) is 3. The minimum absolute atomic E-state index is 0.0780. The van der Waals surface area contributed by atoms with E-state index in [0.29, 0.717) is 33.5 Å². The van der Waals surface area contributed by atoms with E-state index >= 15 is 0 Å². The summed E-state index contributed by atoms with van der Waals surface area (Å²) in [6, 6.07) is 11.1. The number of rotatable bonds is 7. The molecule has 160 valence electrons. The van der Waals surface area contributed by atoms with Gasteiger partial charge in [0.2, 0.25) is 5.91 Å². The lowest BCUT2D eigenvalue weighted by atomic mass is 10.2. The quantitative estimate of drug-likeness (QED) is 0.311. The standard InChI is InChI=1S/C22H21ClN4O2S2/c1-13(2)11-27-21(29)19-18(16-4-3-9-24-20(16)31-19)26-22(27)30-12-17(28)25-10-14-5-7-15(23)8-6-14/h3-9,13H,10-12H2,1-2H3,(H,25,28). The molecule has 0 saturated heterocycles. The van der Waals surface area contributed by atoms with Gasteiger partial charge in [0.15, 0.2) is 5.16 Å². The zero-order valence-electron chi connectivity index (χ0n) is 17.1. The Balaban J connectivity index is 1.57. The van der Waals surface area contributed by atoms with Gasteiger partial charge in [0, 0.05) is 29.7 Å². The van der Waals surface area contributed by atoms with Gasteiger partial charge in [0.05, 0.1) is 11.3 Å². The highest BCUT2D eigenvalue weighted by atomic mass is 35.5. The van der Waals surface area contributed by atoms with Crippen LogP contribution < -0.4 is 10.9 Å². The first kappa shape index (κ1) is 21.8. The lowest BCUT2D eigenvalue weighted by Gasteiger charge is -2.14. The van der Waals surface area contributed by atoms with Crippen LogP contribution in [0.5, 0.6) is 0 Å². The molecule has 3 aromatic heterocycles. The summed E-state index contributed by atoms with van der Waals surface area (Å²) in [7, 11) is 0. The minimum Gasteiger partial charge on any atom is -0.351 e. The van der Waals surface area contributed by atoms with Crippen LogP contribution in [0.15, 0.2) is 52.5 Å². The van der Waals surface area contributed by atoms with Crippen molar-refractivity contribution in [3.8, 4) is 0 Å². The molecule has 0 unspecified atom stereocenters. The zero-order chi connectivity index (χ0) is 22.0. The number of amides is 1. The fourth-order valence-corrected chi connectivity index (χ4v) is 5.15. The predicted molar refractivity (Wildman–Crippen MR) is 128 cm³/mol. The lowest BCUT2D eigenvalue weighted by Crippen LogP contribution is -2.27. The van der Waals surface area contributed by atoms with Crippen LogP contribution in [0.3, 0.4) is 0 Å². The number of hydrogen-bond acceptors (Lipinski definition) is 6. The molecule has 4 aromatic rings. The molecule has 31 heavy (non-hydrogen) atoms. The highest BCUT2D eigenvalue weighted by Gasteiger charge is 2.18. The average Bonchev–Trinajstić information content (AvgIpc) is 3.13. The molecule has 0 atom stereocenters. The van der Waals surface area contributed by atoms with Gasteiger partial charge in [-0.25, -0.2) is 9.97 Å². The van der Waals surface area contributed by atoms with Crippen molar-refractivity contribution < 1.29 is 4.79 Å². The van der Waals surface area contributed by atoms with E-state index in [1.807, 2.05) is 24.3 Å². The Morgan fingerprint density at radius 3 is 2.77 bits per heavy atom. The highest BCUT2D eigenvalue weighted by molar-refractivity contribution is 7.99. The number of nitrogens with one attached hydrogen (secondary N) is 1. The maximum atomic E-state index is 13.2. The smallest absolute Gasteiger partial charge is 0.272 e. The van der Waals surface area contributed by atoms with Crippen LogP contribution in [0, 0.1) is 5.92 Å². The van der Waals surface area contributed by atoms with Crippen molar-refractivity contribution in [2.75, 3.05) is 5.75 Å². The predicted octanol–water partition coefficient (Wildman–Crippen LogP) is 4.72. The van der Waals surface area contributed by atoms with Crippen molar-refractivity contribution in [3.63, 3.8) is 0 Å². The molecule has 0 aliphatic heterocycles. The van der Waals surface area contributed by atoms with Gasteiger partial charge in [0.25, 0.3) is 5.56 Å². The number of fused-ring (bicyclic) bond motifs is 3. The summed E-state index contributed by atoms with van der Waals surface area (Å²) in [5, 5.41) is 4.98. The van der Waals surface area contributed by atoms with Gasteiger partial charge in [-0.3, -0.25) is 14.2 Å². The molecule has 0 spiro atoms. The normalized spacial score (nSPS) is 11.5. The molecule has 1 aromatic carbocycles. The molecule has 0 bridgehead atoms. The van der Waals surface area contributed by atoms with Crippen LogP contribution >= 0.6 is 34.7 Å². The third-order valence-electron chi connectivity index (χ3n) is 4.60. The van der Waals surface area contributed by atoms with Gasteiger partial charge >= 0.3 is 0 Å². The van der Waals surface area contributed by atoms with E-state index in [2.05, 4.69) is 24.1 Å². The summed E-state index contributed by atoms with van der Waals surface area (Å²) in [6.45, 7) is 5.06. The monoisotopic (exact) mass is 472 g/mol. The summed E-state index contributed by atoms with van der Waals surface area (Å²) in [5.41, 5.74) is 1.55. The van der Waals surface area contributed by atoms with Crippen LogP contribution in [0.1, 0.15) is 19.4 Å². The fraction of sp³-hybridized carbons (Fsp3) is 0.273. The van der Waals surface area contributed by atoms with Crippen LogP contribution in [-0.4, -0.2) is 26.2 Å². The molecule has 0 aliphatic carbocycles. The Labute approximate surface area is 192 Å². The molecule has 4 rings (SSSR count). The third-order valence-corrected chi connectivity index (χ3v) is 6.92. The number of halogens is 1. The number of hydrogen-bond donors (Lipinski definition) is 1. The molecule has 3 heterocycles. The summed E-state index contributed by atoms with van der Waals surface area (Å²) < 4.78 is 2.28. The first-order valence-electron chi connectivity index (χ1n) is 9.84. The number of thioether (sulfide) groups is 1. The molecule has 6 nitrogen and oxygen atoms in total. The van der Waals surface area contributed by atoms with Crippen LogP contribution in [0.25, 0.3) is 20.4 Å². The number of thiophene rings is 1. The Morgan fingerprint density at radius 1 is 1.26 bits per heavy atom. The molecular weight excluding hydrogens is 452 g/mol. The van der Waals surface area contributed by atoms with Gasteiger partial charge in [-0.1, -0.05) is 49.3 Å². The Hall–Kier alpha value is -2.42. The summed E-state index contributed by atoms with van der Waals surface area (Å²) in [6.07, 6.45) is 1.71. The third kappa shape index (κ3) is 4.92. The molecule has 0 fully saturated rings. The Kier molecular flexibility index (Phi) is 6.60. The number of carbonyl (C=O) groups excluding carboxylic acids is 1. The molecule has 9 heteroatoms. The SMILES string of the molecule is CC(C)Cn1c(SCC(=O)NCc2ccc(Cl)cc2)nc2c(sc3ncccc32)c1=O. The van der Waals surface area contributed by atoms with Gasteiger partial charge in [0.1, 0.15) is 9.53 Å². The number of pyridine rings is 1. The van der Waals surface area contributed by atoms with Crippen LogP contribution in [0.4, 0.5) is 0 Å². The molecule has 1 N–H and O–H groups in total. The number of aromatic nitrogens is 3. The van der Waals surface area contributed by atoms with Crippen molar-refractivity contribution in [3.05, 3.63) is 63.5 Å².